The monoisotopic (exact) mass is 163 g/mol. The van der Waals surface area contributed by atoms with Gasteiger partial charge >= 0.3 is 5.97 Å². The van der Waals surface area contributed by atoms with Gasteiger partial charge in [-0.25, -0.2) is 0 Å². The topological polar surface area (TPSA) is 89.6 Å². The van der Waals surface area contributed by atoms with Crippen molar-refractivity contribution < 1.29 is 19.4 Å². The number of aliphatic carboxylic acids is 1. The van der Waals surface area contributed by atoms with Crippen molar-refractivity contribution in [1.82, 2.24) is 0 Å². The molecular formula is C6H13NO4. The average Bonchev–Trinajstić information content (AvgIpc) is 1.82. The summed E-state index contributed by atoms with van der Waals surface area (Å²) < 4.78 is 4.43. The Morgan fingerprint density at radius 1 is 1.45 bits per heavy atom. The minimum Gasteiger partial charge on any atom is -0.481 e. The van der Waals surface area contributed by atoms with E-state index in [4.69, 9.17) is 15.6 Å². The third-order valence-electron chi connectivity index (χ3n) is 0.423. The first-order valence-electron chi connectivity index (χ1n) is 3.03. The first-order chi connectivity index (χ1) is 5.00. The van der Waals surface area contributed by atoms with Crippen molar-refractivity contribution in [2.75, 3.05) is 13.2 Å². The summed E-state index contributed by atoms with van der Waals surface area (Å²) in [5.41, 5.74) is 5.00. The summed E-state index contributed by atoms with van der Waals surface area (Å²) >= 11 is 0. The van der Waals surface area contributed by atoms with Crippen LogP contribution in [0, 0.1) is 0 Å². The van der Waals surface area contributed by atoms with Crippen LogP contribution in [0.3, 0.4) is 0 Å². The molecule has 0 aromatic carbocycles. The fourth-order valence-corrected chi connectivity index (χ4v) is 0.203. The van der Waals surface area contributed by atoms with Crippen LogP contribution in [0.2, 0.25) is 0 Å². The molecule has 0 amide bonds. The second-order valence-corrected chi connectivity index (χ2v) is 1.65. The second kappa shape index (κ2) is 8.90. The molecule has 0 aromatic heterocycles. The second-order valence-electron chi connectivity index (χ2n) is 1.65. The number of carbonyl (C=O) groups is 2. The van der Waals surface area contributed by atoms with Crippen LogP contribution in [0.15, 0.2) is 0 Å². The maximum atomic E-state index is 9.92. The lowest BCUT2D eigenvalue weighted by molar-refractivity contribution is -0.140. The van der Waals surface area contributed by atoms with Crippen molar-refractivity contribution in [3.63, 3.8) is 0 Å². The largest absolute Gasteiger partial charge is 0.481 e. The minimum absolute atomic E-state index is 0.273. The number of rotatable bonds is 2. The molecule has 0 atom stereocenters. The van der Waals surface area contributed by atoms with E-state index in [9.17, 15) is 4.79 Å². The van der Waals surface area contributed by atoms with Crippen LogP contribution in [-0.4, -0.2) is 30.2 Å². The smallest absolute Gasteiger partial charge is 0.302 e. The molecule has 0 saturated carbocycles. The number of carboxylic acids is 1. The van der Waals surface area contributed by atoms with E-state index in [1.165, 1.54) is 6.92 Å². The number of nitrogens with two attached hydrogens (primary N) is 1. The number of hydrogen-bond acceptors (Lipinski definition) is 4. The Morgan fingerprint density at radius 3 is 1.91 bits per heavy atom. The van der Waals surface area contributed by atoms with Crippen molar-refractivity contribution in [3.05, 3.63) is 0 Å². The van der Waals surface area contributed by atoms with Crippen molar-refractivity contribution >= 4 is 11.9 Å². The molecule has 5 nitrogen and oxygen atoms in total. The highest BCUT2D eigenvalue weighted by Gasteiger charge is 1.85. The molecule has 0 saturated heterocycles. The third kappa shape index (κ3) is 50.4. The van der Waals surface area contributed by atoms with Gasteiger partial charge < -0.3 is 15.6 Å². The van der Waals surface area contributed by atoms with Gasteiger partial charge in [0.2, 0.25) is 0 Å². The predicted molar refractivity (Wildman–Crippen MR) is 39.0 cm³/mol. The molecule has 0 aliphatic carbocycles. The molecule has 66 valence electrons. The minimum atomic E-state index is -0.833. The lowest BCUT2D eigenvalue weighted by Gasteiger charge is -1.93. The lowest BCUT2D eigenvalue weighted by Crippen LogP contribution is -2.10. The van der Waals surface area contributed by atoms with Crippen molar-refractivity contribution in [3.8, 4) is 0 Å². The molecular weight excluding hydrogens is 150 g/mol. The van der Waals surface area contributed by atoms with E-state index in [0.717, 1.165) is 6.92 Å². The molecule has 3 N–H and O–H groups in total. The van der Waals surface area contributed by atoms with Gasteiger partial charge in [0.05, 0.1) is 0 Å². The third-order valence-corrected chi connectivity index (χ3v) is 0.423. The Kier molecular flexibility index (Phi) is 10.2. The number of hydrogen-bond donors (Lipinski definition) is 2. The number of carbonyl (C=O) groups excluding carboxylic acids is 1. The summed E-state index contributed by atoms with van der Waals surface area (Å²) in [4.78, 5) is 18.9. The fraction of sp³-hybridized carbons (Fsp3) is 0.667. The van der Waals surface area contributed by atoms with Gasteiger partial charge in [-0.2, -0.15) is 0 Å². The number of ether oxygens (including phenoxy) is 1. The first-order valence-corrected chi connectivity index (χ1v) is 3.03. The van der Waals surface area contributed by atoms with Gasteiger partial charge in [-0.05, 0) is 0 Å². The highest BCUT2D eigenvalue weighted by Crippen LogP contribution is 1.69. The van der Waals surface area contributed by atoms with Crippen LogP contribution < -0.4 is 5.73 Å². The molecule has 0 aliphatic heterocycles. The average molecular weight is 163 g/mol. The standard InChI is InChI=1S/C4H9NO2.C2H4O2/c1-4(6)7-3-2-5;1-2(3)4/h2-3,5H2,1H3;1H3,(H,3,4). The Labute approximate surface area is 65.1 Å². The van der Waals surface area contributed by atoms with Crippen molar-refractivity contribution in [2.24, 2.45) is 5.73 Å². The predicted octanol–water partition coefficient (Wildman–Crippen LogP) is -0.401. The Hall–Kier alpha value is -1.10. The summed E-state index contributed by atoms with van der Waals surface area (Å²) in [5, 5.41) is 7.42. The van der Waals surface area contributed by atoms with Crippen molar-refractivity contribution in [1.29, 1.82) is 0 Å². The summed E-state index contributed by atoms with van der Waals surface area (Å²) in [7, 11) is 0. The van der Waals surface area contributed by atoms with Crippen molar-refractivity contribution in [2.45, 2.75) is 13.8 Å². The molecule has 0 spiro atoms. The normalized spacial score (nSPS) is 7.55. The SMILES string of the molecule is CC(=O)O.CC(=O)OCCN. The van der Waals surface area contributed by atoms with Crippen LogP contribution in [0.4, 0.5) is 0 Å². The van der Waals surface area contributed by atoms with E-state index >= 15 is 0 Å². The zero-order valence-corrected chi connectivity index (χ0v) is 6.66. The Bertz CT molecular complexity index is 120. The summed E-state index contributed by atoms with van der Waals surface area (Å²) in [6, 6.07) is 0. The summed E-state index contributed by atoms with van der Waals surface area (Å²) in [6.45, 7) is 3.17. The first kappa shape index (κ1) is 12.6. The molecule has 0 aromatic rings. The molecule has 11 heavy (non-hydrogen) atoms. The van der Waals surface area contributed by atoms with Gasteiger partial charge in [-0.15, -0.1) is 0 Å². The van der Waals surface area contributed by atoms with E-state index in [-0.39, 0.29) is 5.97 Å². The summed E-state index contributed by atoms with van der Waals surface area (Å²) in [6.07, 6.45) is 0. The van der Waals surface area contributed by atoms with E-state index in [2.05, 4.69) is 4.74 Å². The highest BCUT2D eigenvalue weighted by molar-refractivity contribution is 5.65. The van der Waals surface area contributed by atoms with Gasteiger partial charge in [-0.3, -0.25) is 9.59 Å². The van der Waals surface area contributed by atoms with Gasteiger partial charge in [0.1, 0.15) is 6.61 Å². The Balaban J connectivity index is 0. The van der Waals surface area contributed by atoms with Crippen LogP contribution >= 0.6 is 0 Å². The van der Waals surface area contributed by atoms with E-state index in [0.29, 0.717) is 13.2 Å². The van der Waals surface area contributed by atoms with E-state index in [1.54, 1.807) is 0 Å². The highest BCUT2D eigenvalue weighted by atomic mass is 16.5. The summed E-state index contributed by atoms with van der Waals surface area (Å²) in [5.74, 6) is -1.11. The Morgan fingerprint density at radius 2 is 1.82 bits per heavy atom. The maximum Gasteiger partial charge on any atom is 0.302 e. The van der Waals surface area contributed by atoms with Crippen LogP contribution in [0.25, 0.3) is 0 Å². The molecule has 0 unspecified atom stereocenters. The maximum absolute atomic E-state index is 9.92. The van der Waals surface area contributed by atoms with Crippen LogP contribution in [0.5, 0.6) is 0 Å². The number of carboxylic acid groups (broad SMARTS) is 1. The molecule has 0 rings (SSSR count). The van der Waals surface area contributed by atoms with Gasteiger partial charge in [0, 0.05) is 20.4 Å². The zero-order valence-electron chi connectivity index (χ0n) is 6.66. The molecule has 0 aliphatic rings. The molecule has 0 radical (unpaired) electrons. The number of esters is 1. The zero-order chi connectivity index (χ0) is 9.28. The van der Waals surface area contributed by atoms with Gasteiger partial charge in [0.25, 0.3) is 5.97 Å². The quantitative estimate of drug-likeness (QED) is 0.540. The molecule has 0 fully saturated rings. The van der Waals surface area contributed by atoms with Gasteiger partial charge in [-0.1, -0.05) is 0 Å². The van der Waals surface area contributed by atoms with E-state index in [1.807, 2.05) is 0 Å². The molecule has 0 heterocycles. The fourth-order valence-electron chi connectivity index (χ4n) is 0.203. The molecule has 0 bridgehead atoms. The van der Waals surface area contributed by atoms with E-state index < -0.39 is 5.97 Å². The molecule has 5 heteroatoms. The van der Waals surface area contributed by atoms with Crippen LogP contribution in [0.1, 0.15) is 13.8 Å². The van der Waals surface area contributed by atoms with Gasteiger partial charge in [0.15, 0.2) is 0 Å². The lowest BCUT2D eigenvalue weighted by atomic mass is 10.7. The van der Waals surface area contributed by atoms with Crippen LogP contribution in [-0.2, 0) is 14.3 Å².